The molecule has 2 aromatic carbocycles. The molecule has 0 aliphatic heterocycles. The number of amides is 1. The summed E-state index contributed by atoms with van der Waals surface area (Å²) in [6.45, 7) is 0.464. The van der Waals surface area contributed by atoms with Crippen LogP contribution in [0.1, 0.15) is 15.9 Å². The lowest BCUT2D eigenvalue weighted by Gasteiger charge is -2.06. The highest BCUT2D eigenvalue weighted by Gasteiger charge is 2.08. The van der Waals surface area contributed by atoms with Crippen molar-refractivity contribution in [2.75, 3.05) is 0 Å². The molecule has 0 atom stereocenters. The van der Waals surface area contributed by atoms with Gasteiger partial charge in [-0.3, -0.25) is 9.78 Å². The van der Waals surface area contributed by atoms with E-state index >= 15 is 0 Å². The lowest BCUT2D eigenvalue weighted by atomic mass is 10.1. The van der Waals surface area contributed by atoms with Crippen molar-refractivity contribution in [3.05, 3.63) is 84.2 Å². The molecule has 0 saturated heterocycles. The van der Waals surface area contributed by atoms with E-state index < -0.39 is 0 Å². The molecule has 0 fully saturated rings. The van der Waals surface area contributed by atoms with Crippen LogP contribution < -0.4 is 5.32 Å². The van der Waals surface area contributed by atoms with E-state index in [4.69, 9.17) is 4.42 Å². The van der Waals surface area contributed by atoms with Gasteiger partial charge in [-0.15, -0.1) is 0 Å². The fourth-order valence-electron chi connectivity index (χ4n) is 2.54. The molecule has 0 radical (unpaired) electrons. The van der Waals surface area contributed by atoms with Crippen LogP contribution >= 0.6 is 0 Å². The zero-order valence-corrected chi connectivity index (χ0v) is 13.3. The summed E-state index contributed by atoms with van der Waals surface area (Å²) in [6.07, 6.45) is 3.35. The van der Waals surface area contributed by atoms with Crippen molar-refractivity contribution in [1.29, 1.82) is 0 Å². The third-order valence-electron chi connectivity index (χ3n) is 3.88. The Bertz CT molecular complexity index is 975. The topological polar surface area (TPSA) is 68.0 Å². The Balaban J connectivity index is 1.46. The van der Waals surface area contributed by atoms with Crippen LogP contribution in [0.4, 0.5) is 0 Å². The van der Waals surface area contributed by atoms with Gasteiger partial charge in [0.15, 0.2) is 5.58 Å². The van der Waals surface area contributed by atoms with Crippen molar-refractivity contribution < 1.29 is 9.21 Å². The highest BCUT2D eigenvalue weighted by atomic mass is 16.3. The summed E-state index contributed by atoms with van der Waals surface area (Å²) >= 11 is 0. The number of carbonyl (C=O) groups excluding carboxylic acids is 1. The largest absolute Gasteiger partial charge is 0.436 e. The molecule has 4 rings (SSSR count). The predicted octanol–water partition coefficient (Wildman–Crippen LogP) is 3.82. The molecule has 0 aliphatic carbocycles. The molecule has 0 spiro atoms. The summed E-state index contributed by atoms with van der Waals surface area (Å²) in [6, 6.07) is 18.7. The minimum absolute atomic E-state index is 0.0869. The Morgan fingerprint density at radius 2 is 1.80 bits per heavy atom. The summed E-state index contributed by atoms with van der Waals surface area (Å²) in [7, 11) is 0. The van der Waals surface area contributed by atoms with E-state index in [1.54, 1.807) is 30.6 Å². The average molecular weight is 329 g/mol. The van der Waals surface area contributed by atoms with Crippen molar-refractivity contribution in [2.24, 2.45) is 0 Å². The molecule has 1 N–H and O–H groups in total. The van der Waals surface area contributed by atoms with Gasteiger partial charge in [0.05, 0.1) is 6.20 Å². The number of fused-ring (bicyclic) bond motifs is 1. The monoisotopic (exact) mass is 329 g/mol. The molecule has 0 aliphatic rings. The highest BCUT2D eigenvalue weighted by molar-refractivity contribution is 5.94. The lowest BCUT2D eigenvalue weighted by Crippen LogP contribution is -2.22. The van der Waals surface area contributed by atoms with Gasteiger partial charge >= 0.3 is 0 Å². The Kier molecular flexibility index (Phi) is 3.96. The van der Waals surface area contributed by atoms with E-state index in [1.165, 1.54) is 0 Å². The van der Waals surface area contributed by atoms with Gasteiger partial charge in [-0.05, 0) is 29.8 Å². The van der Waals surface area contributed by atoms with Gasteiger partial charge in [-0.25, -0.2) is 4.98 Å². The fourth-order valence-corrected chi connectivity index (χ4v) is 2.54. The number of carbonyl (C=O) groups is 1. The second-order valence-electron chi connectivity index (χ2n) is 5.61. The third kappa shape index (κ3) is 3.26. The van der Waals surface area contributed by atoms with Crippen LogP contribution in [-0.2, 0) is 6.54 Å². The number of nitrogens with zero attached hydrogens (tertiary/aromatic N) is 2. The number of rotatable bonds is 4. The van der Waals surface area contributed by atoms with Gasteiger partial charge < -0.3 is 9.73 Å². The van der Waals surface area contributed by atoms with Gasteiger partial charge in [0.25, 0.3) is 5.91 Å². The number of oxazole rings is 1. The van der Waals surface area contributed by atoms with E-state index in [0.29, 0.717) is 23.6 Å². The average Bonchev–Trinajstić information content (AvgIpc) is 3.11. The first-order valence-corrected chi connectivity index (χ1v) is 7.93. The van der Waals surface area contributed by atoms with Crippen LogP contribution in [0, 0.1) is 0 Å². The standard InChI is InChI=1S/C20H15N3O2/c24-19(15-4-2-1-3-5-15)22-12-14-6-8-16(9-7-14)20-23-17-13-21-11-10-18(17)25-20/h1-11,13H,12H2,(H,22,24). The number of benzene rings is 2. The summed E-state index contributed by atoms with van der Waals surface area (Å²) in [5.74, 6) is 0.471. The quantitative estimate of drug-likeness (QED) is 0.618. The van der Waals surface area contributed by atoms with Gasteiger partial charge in [0, 0.05) is 29.9 Å². The number of hydrogen-bond acceptors (Lipinski definition) is 4. The molecule has 0 saturated carbocycles. The Hall–Kier alpha value is -3.47. The van der Waals surface area contributed by atoms with E-state index in [9.17, 15) is 4.79 Å². The molecule has 5 nitrogen and oxygen atoms in total. The van der Waals surface area contributed by atoms with Crippen molar-refractivity contribution in [2.45, 2.75) is 6.54 Å². The van der Waals surface area contributed by atoms with Crippen LogP contribution in [0.3, 0.4) is 0 Å². The maximum absolute atomic E-state index is 12.1. The molecule has 25 heavy (non-hydrogen) atoms. The minimum Gasteiger partial charge on any atom is -0.436 e. The maximum Gasteiger partial charge on any atom is 0.251 e. The highest BCUT2D eigenvalue weighted by Crippen LogP contribution is 2.23. The van der Waals surface area contributed by atoms with Gasteiger partial charge in [0.1, 0.15) is 5.52 Å². The Morgan fingerprint density at radius 1 is 1.00 bits per heavy atom. The van der Waals surface area contributed by atoms with Gasteiger partial charge in [-0.2, -0.15) is 0 Å². The molecule has 0 unspecified atom stereocenters. The lowest BCUT2D eigenvalue weighted by molar-refractivity contribution is 0.0951. The van der Waals surface area contributed by atoms with Crippen LogP contribution in [0.15, 0.2) is 77.5 Å². The van der Waals surface area contributed by atoms with E-state index in [0.717, 1.165) is 16.6 Å². The zero-order valence-electron chi connectivity index (χ0n) is 13.3. The molecule has 122 valence electrons. The normalized spacial score (nSPS) is 10.7. The maximum atomic E-state index is 12.1. The predicted molar refractivity (Wildman–Crippen MR) is 94.9 cm³/mol. The Morgan fingerprint density at radius 3 is 2.56 bits per heavy atom. The van der Waals surface area contributed by atoms with Crippen LogP contribution in [0.25, 0.3) is 22.6 Å². The first kappa shape index (κ1) is 15.1. The molecule has 5 heteroatoms. The van der Waals surface area contributed by atoms with Crippen molar-refractivity contribution in [3.63, 3.8) is 0 Å². The second kappa shape index (κ2) is 6.57. The molecule has 2 aromatic heterocycles. The molecule has 1 amide bonds. The van der Waals surface area contributed by atoms with Crippen LogP contribution in [0.2, 0.25) is 0 Å². The zero-order chi connectivity index (χ0) is 17.1. The molecule has 4 aromatic rings. The number of pyridine rings is 1. The molecular formula is C20H15N3O2. The van der Waals surface area contributed by atoms with Gasteiger partial charge in [-0.1, -0.05) is 30.3 Å². The molecular weight excluding hydrogens is 314 g/mol. The SMILES string of the molecule is O=C(NCc1ccc(-c2nc3cnccc3o2)cc1)c1ccccc1. The minimum atomic E-state index is -0.0869. The molecule has 2 heterocycles. The summed E-state index contributed by atoms with van der Waals surface area (Å²) < 4.78 is 5.73. The molecule has 0 bridgehead atoms. The Labute approximate surface area is 144 Å². The van der Waals surface area contributed by atoms with E-state index in [-0.39, 0.29) is 5.91 Å². The van der Waals surface area contributed by atoms with Crippen molar-refractivity contribution >= 4 is 17.0 Å². The van der Waals surface area contributed by atoms with E-state index in [2.05, 4.69) is 15.3 Å². The van der Waals surface area contributed by atoms with Gasteiger partial charge in [0.2, 0.25) is 5.89 Å². The first-order valence-electron chi connectivity index (χ1n) is 7.93. The van der Waals surface area contributed by atoms with E-state index in [1.807, 2.05) is 42.5 Å². The van der Waals surface area contributed by atoms with Crippen molar-refractivity contribution in [3.8, 4) is 11.5 Å². The van der Waals surface area contributed by atoms with Crippen LogP contribution in [0.5, 0.6) is 0 Å². The number of hydrogen-bond donors (Lipinski definition) is 1. The summed E-state index contributed by atoms with van der Waals surface area (Å²) in [4.78, 5) is 20.5. The summed E-state index contributed by atoms with van der Waals surface area (Å²) in [5.41, 5.74) is 3.99. The van der Waals surface area contributed by atoms with Crippen molar-refractivity contribution in [1.82, 2.24) is 15.3 Å². The summed E-state index contributed by atoms with van der Waals surface area (Å²) in [5, 5.41) is 2.91. The number of aromatic nitrogens is 2. The third-order valence-corrected chi connectivity index (χ3v) is 3.88. The first-order chi connectivity index (χ1) is 12.3. The fraction of sp³-hybridized carbons (Fsp3) is 0.0500. The number of nitrogens with one attached hydrogen (secondary N) is 1. The second-order valence-corrected chi connectivity index (χ2v) is 5.61. The van der Waals surface area contributed by atoms with Crippen LogP contribution in [-0.4, -0.2) is 15.9 Å². The smallest absolute Gasteiger partial charge is 0.251 e.